The molecule has 2 atom stereocenters. The predicted molar refractivity (Wildman–Crippen MR) is 153 cm³/mol. The third kappa shape index (κ3) is 6.15. The van der Waals surface area contributed by atoms with E-state index in [2.05, 4.69) is 25.6 Å². The van der Waals surface area contributed by atoms with Crippen LogP contribution < -0.4 is 10.6 Å². The first-order valence-electron chi connectivity index (χ1n) is 13.5. The summed E-state index contributed by atoms with van der Waals surface area (Å²) in [5.41, 5.74) is 2.87. The molecule has 0 amide bonds. The van der Waals surface area contributed by atoms with Gasteiger partial charge in [-0.3, -0.25) is 4.98 Å². The van der Waals surface area contributed by atoms with E-state index in [1.807, 2.05) is 19.2 Å². The molecule has 0 aliphatic heterocycles. The lowest BCUT2D eigenvalue weighted by Gasteiger charge is -2.18. The van der Waals surface area contributed by atoms with E-state index in [9.17, 15) is 21.6 Å². The minimum Gasteiger partial charge on any atom is -0.367 e. The Bertz CT molecular complexity index is 1720. The highest BCUT2D eigenvalue weighted by atomic mass is 32.2. The molecule has 2 aliphatic rings. The molecule has 2 aliphatic carbocycles. The number of nitrogens with one attached hydrogen (secondary N) is 2. The number of thiazole rings is 1. The molecule has 1 aromatic carbocycles. The van der Waals surface area contributed by atoms with Gasteiger partial charge in [0.15, 0.2) is 0 Å². The number of halogens is 3. The summed E-state index contributed by atoms with van der Waals surface area (Å²) in [5, 5.41) is 7.09. The predicted octanol–water partition coefficient (Wildman–Crippen LogP) is 5.99. The molecule has 0 spiro atoms. The van der Waals surface area contributed by atoms with Crippen molar-refractivity contribution < 1.29 is 21.6 Å². The fourth-order valence-corrected chi connectivity index (χ4v) is 7.76. The van der Waals surface area contributed by atoms with Gasteiger partial charge in [0.05, 0.1) is 27.4 Å². The molecule has 0 saturated heterocycles. The van der Waals surface area contributed by atoms with Crippen molar-refractivity contribution in [3.8, 4) is 10.6 Å². The molecule has 2 saturated carbocycles. The Morgan fingerprint density at radius 3 is 2.51 bits per heavy atom. The van der Waals surface area contributed by atoms with Crippen molar-refractivity contribution in [1.29, 1.82) is 0 Å². The van der Waals surface area contributed by atoms with Gasteiger partial charge in [0.1, 0.15) is 43.6 Å². The van der Waals surface area contributed by atoms with E-state index >= 15 is 0 Å². The first-order valence-corrected chi connectivity index (χ1v) is 16.4. The van der Waals surface area contributed by atoms with Crippen LogP contribution in [-0.4, -0.2) is 46.4 Å². The molecule has 216 valence electrons. The first kappa shape index (κ1) is 27.8. The molecule has 2 unspecified atom stereocenters. The van der Waals surface area contributed by atoms with Gasteiger partial charge in [-0.1, -0.05) is 0 Å². The smallest absolute Gasteiger partial charge is 0.225 e. The molecule has 8 nitrogen and oxygen atoms in total. The maximum atomic E-state index is 14.2. The zero-order valence-electron chi connectivity index (χ0n) is 22.5. The van der Waals surface area contributed by atoms with E-state index < -0.39 is 27.3 Å². The number of fused-ring (bicyclic) bond motifs is 1. The van der Waals surface area contributed by atoms with Gasteiger partial charge in [0, 0.05) is 48.7 Å². The molecular formula is C28H29F3N6O2S2. The summed E-state index contributed by atoms with van der Waals surface area (Å²) >= 11 is 1.52. The molecule has 3 aromatic heterocycles. The van der Waals surface area contributed by atoms with Crippen molar-refractivity contribution in [1.82, 2.24) is 19.9 Å². The van der Waals surface area contributed by atoms with Gasteiger partial charge in [-0.2, -0.15) is 4.98 Å². The summed E-state index contributed by atoms with van der Waals surface area (Å²) < 4.78 is 66.6. The number of nitrogens with zero attached hydrogens (tertiary/aromatic N) is 4. The standard InChI is InChI=1S/C28H29F3N6O2S2/c1-14-23(27-36-25-22(40-27)7-8-32-24(25)16-4-5-16)26(35-18-6-3-15(9-18)13-41(2,38)39)37-28(34-14)33-12-19-20(30)10-17(29)11-21(19)31/h7-8,10-11,15-16,18H,3-6,9,12-13H2,1-2H3,(H2,33,34,35,37). The maximum absolute atomic E-state index is 14.2. The highest BCUT2D eigenvalue weighted by molar-refractivity contribution is 7.90. The summed E-state index contributed by atoms with van der Waals surface area (Å²) in [4.78, 5) is 18.8. The van der Waals surface area contributed by atoms with Gasteiger partial charge in [-0.25, -0.2) is 31.6 Å². The molecule has 2 N–H and O–H groups in total. The number of sulfone groups is 1. The van der Waals surface area contributed by atoms with Crippen LogP contribution in [0.1, 0.15) is 55.0 Å². The van der Waals surface area contributed by atoms with E-state index in [0.717, 1.165) is 46.6 Å². The lowest BCUT2D eigenvalue weighted by molar-refractivity contribution is 0.526. The number of hydrogen-bond acceptors (Lipinski definition) is 9. The average Bonchev–Trinajstić information content (AvgIpc) is 3.49. The number of rotatable bonds is 9. The molecule has 4 aromatic rings. The zero-order valence-corrected chi connectivity index (χ0v) is 24.2. The van der Waals surface area contributed by atoms with Gasteiger partial charge < -0.3 is 10.6 Å². The molecule has 0 bridgehead atoms. The SMILES string of the molecule is Cc1nc(NCc2c(F)cc(F)cc2F)nc(NC2CCC(CS(C)(=O)=O)C2)c1-c1nc2c(C3CC3)nccc2s1. The Kier molecular flexibility index (Phi) is 7.35. The zero-order chi connectivity index (χ0) is 28.9. The van der Waals surface area contributed by atoms with Gasteiger partial charge in [0.25, 0.3) is 0 Å². The monoisotopic (exact) mass is 602 g/mol. The highest BCUT2D eigenvalue weighted by Crippen LogP contribution is 2.44. The molecule has 41 heavy (non-hydrogen) atoms. The second-order valence-electron chi connectivity index (χ2n) is 11.0. The molecule has 2 fully saturated rings. The summed E-state index contributed by atoms with van der Waals surface area (Å²) in [5.74, 6) is -1.74. The minimum atomic E-state index is -3.10. The maximum Gasteiger partial charge on any atom is 0.225 e. The van der Waals surface area contributed by atoms with Crippen molar-refractivity contribution >= 4 is 43.2 Å². The van der Waals surface area contributed by atoms with Crippen LogP contribution in [0, 0.1) is 30.3 Å². The van der Waals surface area contributed by atoms with Crippen LogP contribution in [0.15, 0.2) is 24.4 Å². The van der Waals surface area contributed by atoms with E-state index in [-0.39, 0.29) is 35.8 Å². The van der Waals surface area contributed by atoms with Crippen LogP contribution in [0.5, 0.6) is 0 Å². The normalized spacial score (nSPS) is 19.1. The van der Waals surface area contributed by atoms with Gasteiger partial charge in [0.2, 0.25) is 5.95 Å². The lowest BCUT2D eigenvalue weighted by atomic mass is 10.1. The Hall–Kier alpha value is -3.32. The third-order valence-corrected chi connectivity index (χ3v) is 9.67. The molecule has 0 radical (unpaired) electrons. The Balaban J connectivity index is 1.34. The molecule has 13 heteroatoms. The number of aryl methyl sites for hydroxylation is 1. The second-order valence-corrected chi connectivity index (χ2v) is 14.2. The van der Waals surface area contributed by atoms with Gasteiger partial charge in [-0.05, 0) is 51.0 Å². The number of pyridine rings is 1. The van der Waals surface area contributed by atoms with Crippen molar-refractivity contribution in [3.63, 3.8) is 0 Å². The summed E-state index contributed by atoms with van der Waals surface area (Å²) in [6, 6.07) is 3.19. The van der Waals surface area contributed by atoms with Crippen LogP contribution >= 0.6 is 11.3 Å². The number of benzene rings is 1. The second kappa shape index (κ2) is 10.8. The van der Waals surface area contributed by atoms with Crippen molar-refractivity contribution in [2.75, 3.05) is 22.6 Å². The van der Waals surface area contributed by atoms with Crippen molar-refractivity contribution in [2.24, 2.45) is 5.92 Å². The van der Waals surface area contributed by atoms with E-state index in [1.54, 1.807) is 0 Å². The van der Waals surface area contributed by atoms with Crippen molar-refractivity contribution in [2.45, 2.75) is 57.5 Å². The summed E-state index contributed by atoms with van der Waals surface area (Å²) in [7, 11) is -3.10. The van der Waals surface area contributed by atoms with Crippen LogP contribution in [0.25, 0.3) is 20.8 Å². The van der Waals surface area contributed by atoms with Crippen LogP contribution in [-0.2, 0) is 16.4 Å². The van der Waals surface area contributed by atoms with Gasteiger partial charge >= 0.3 is 0 Å². The highest BCUT2D eigenvalue weighted by Gasteiger charge is 2.31. The average molecular weight is 603 g/mol. The number of aromatic nitrogens is 4. The topological polar surface area (TPSA) is 110 Å². The van der Waals surface area contributed by atoms with Crippen LogP contribution in [0.2, 0.25) is 0 Å². The fourth-order valence-electron chi connectivity index (χ4n) is 5.54. The van der Waals surface area contributed by atoms with Crippen molar-refractivity contribution in [3.05, 3.63) is 58.8 Å². The van der Waals surface area contributed by atoms with Crippen LogP contribution in [0.3, 0.4) is 0 Å². The quantitative estimate of drug-likeness (QED) is 0.241. The summed E-state index contributed by atoms with van der Waals surface area (Å²) in [6.45, 7) is 1.53. The van der Waals surface area contributed by atoms with E-state index in [4.69, 9.17) is 4.98 Å². The van der Waals surface area contributed by atoms with E-state index in [0.29, 0.717) is 41.5 Å². The largest absolute Gasteiger partial charge is 0.367 e. The fraction of sp³-hybridized carbons (Fsp3) is 0.429. The Labute approximate surface area is 239 Å². The third-order valence-electron chi connectivity index (χ3n) is 7.55. The van der Waals surface area contributed by atoms with E-state index in [1.165, 1.54) is 17.6 Å². The lowest BCUT2D eigenvalue weighted by Crippen LogP contribution is -2.20. The first-order chi connectivity index (χ1) is 19.5. The number of anilines is 2. The molecule has 6 rings (SSSR count). The van der Waals surface area contributed by atoms with Crippen LogP contribution in [0.4, 0.5) is 24.9 Å². The summed E-state index contributed by atoms with van der Waals surface area (Å²) in [6.07, 6.45) is 7.46. The van der Waals surface area contributed by atoms with Gasteiger partial charge in [-0.15, -0.1) is 11.3 Å². The minimum absolute atomic E-state index is 0.0206. The molecule has 3 heterocycles. The number of hydrogen-bond donors (Lipinski definition) is 2. The Morgan fingerprint density at radius 1 is 1.05 bits per heavy atom. The Morgan fingerprint density at radius 2 is 1.80 bits per heavy atom. The molecular weight excluding hydrogens is 573 g/mol.